The van der Waals surface area contributed by atoms with E-state index in [0.29, 0.717) is 30.2 Å². The highest BCUT2D eigenvalue weighted by Gasteiger charge is 2.22. The number of fused-ring (bicyclic) bond motifs is 1. The molecule has 2 aliphatic rings. The molecule has 0 bridgehead atoms. The van der Waals surface area contributed by atoms with Crippen LogP contribution in [0.5, 0.6) is 6.01 Å². The van der Waals surface area contributed by atoms with E-state index in [9.17, 15) is 4.79 Å². The number of nitrogen functional groups attached to an aromatic ring is 1. The quantitative estimate of drug-likeness (QED) is 0.538. The topological polar surface area (TPSA) is 102 Å². The molecule has 0 spiro atoms. The molecule has 32 heavy (non-hydrogen) atoms. The van der Waals surface area contributed by atoms with Gasteiger partial charge < -0.3 is 20.4 Å². The third-order valence-corrected chi connectivity index (χ3v) is 7.41. The van der Waals surface area contributed by atoms with E-state index in [1.165, 1.54) is 71.0 Å². The number of nitrogens with two attached hydrogens (primary N) is 1. The number of imidazole rings is 1. The van der Waals surface area contributed by atoms with Crippen LogP contribution in [-0.2, 0) is 6.54 Å². The van der Waals surface area contributed by atoms with Crippen LogP contribution in [0.3, 0.4) is 0 Å². The van der Waals surface area contributed by atoms with E-state index in [4.69, 9.17) is 10.5 Å². The van der Waals surface area contributed by atoms with Crippen molar-refractivity contribution in [1.82, 2.24) is 24.4 Å². The predicted octanol–water partition coefficient (Wildman–Crippen LogP) is 3.95. The molecule has 1 saturated heterocycles. The molecular weight excluding hydrogens is 404 g/mol. The van der Waals surface area contributed by atoms with Crippen molar-refractivity contribution >= 4 is 17.0 Å². The van der Waals surface area contributed by atoms with E-state index >= 15 is 0 Å². The number of likely N-dealkylation sites (tertiary alicyclic amines) is 1. The van der Waals surface area contributed by atoms with E-state index in [2.05, 4.69) is 26.8 Å². The Morgan fingerprint density at radius 1 is 1.03 bits per heavy atom. The molecule has 2 aromatic rings. The van der Waals surface area contributed by atoms with Crippen molar-refractivity contribution < 1.29 is 4.74 Å². The lowest BCUT2D eigenvalue weighted by Gasteiger charge is -2.33. The molecule has 2 aromatic heterocycles. The van der Waals surface area contributed by atoms with Crippen molar-refractivity contribution in [3.8, 4) is 6.01 Å². The summed E-state index contributed by atoms with van der Waals surface area (Å²) in [5.41, 5.74) is 6.95. The molecule has 178 valence electrons. The Hall–Kier alpha value is -2.09. The number of ether oxygens (including phenoxy) is 1. The summed E-state index contributed by atoms with van der Waals surface area (Å²) in [4.78, 5) is 26.7. The molecule has 8 nitrogen and oxygen atoms in total. The van der Waals surface area contributed by atoms with Gasteiger partial charge in [-0.15, -0.1) is 0 Å². The van der Waals surface area contributed by atoms with Crippen LogP contribution in [0.1, 0.15) is 77.6 Å². The normalized spacial score (nSPS) is 19.0. The summed E-state index contributed by atoms with van der Waals surface area (Å²) in [7, 11) is 0. The summed E-state index contributed by atoms with van der Waals surface area (Å²) < 4.78 is 7.34. The molecule has 3 N–H and O–H groups in total. The Morgan fingerprint density at radius 3 is 2.50 bits per heavy atom. The number of aromatic amines is 1. The van der Waals surface area contributed by atoms with Gasteiger partial charge in [-0.3, -0.25) is 4.57 Å². The average Bonchev–Trinajstić information content (AvgIpc) is 3.13. The van der Waals surface area contributed by atoms with E-state index < -0.39 is 0 Å². The van der Waals surface area contributed by atoms with Gasteiger partial charge in [-0.05, 0) is 63.6 Å². The molecule has 8 heteroatoms. The highest BCUT2D eigenvalue weighted by Crippen LogP contribution is 2.28. The number of unbranched alkanes of at least 4 members (excludes halogenated alkanes) is 1. The number of hydrogen-bond donors (Lipinski definition) is 2. The Kier molecular flexibility index (Phi) is 8.05. The lowest BCUT2D eigenvalue weighted by Crippen LogP contribution is -2.35. The number of rotatable bonds is 10. The molecule has 1 aliphatic heterocycles. The summed E-state index contributed by atoms with van der Waals surface area (Å²) in [6.45, 7) is 6.93. The van der Waals surface area contributed by atoms with Crippen molar-refractivity contribution in [2.45, 2.75) is 84.1 Å². The largest absolute Gasteiger partial charge is 0.463 e. The lowest BCUT2D eigenvalue weighted by molar-refractivity contribution is 0.160. The smallest absolute Gasteiger partial charge is 0.327 e. The van der Waals surface area contributed by atoms with Crippen LogP contribution < -0.4 is 16.2 Å². The fourth-order valence-corrected chi connectivity index (χ4v) is 5.26. The highest BCUT2D eigenvalue weighted by molar-refractivity contribution is 5.81. The first-order chi connectivity index (χ1) is 15.6. The van der Waals surface area contributed by atoms with Crippen LogP contribution in [-0.4, -0.2) is 50.7 Å². The van der Waals surface area contributed by atoms with Gasteiger partial charge in [0, 0.05) is 6.54 Å². The first-order valence-electron chi connectivity index (χ1n) is 12.7. The van der Waals surface area contributed by atoms with Crippen molar-refractivity contribution in [3.63, 3.8) is 0 Å². The first-order valence-corrected chi connectivity index (χ1v) is 12.7. The van der Waals surface area contributed by atoms with Crippen molar-refractivity contribution in [2.75, 3.05) is 32.0 Å². The minimum atomic E-state index is -0.170. The van der Waals surface area contributed by atoms with Crippen LogP contribution in [0.15, 0.2) is 4.79 Å². The van der Waals surface area contributed by atoms with Gasteiger partial charge in [0.15, 0.2) is 11.5 Å². The number of nitrogens with zero attached hydrogens (tertiary/aromatic N) is 4. The number of nitrogens with one attached hydrogen (secondary N) is 1. The van der Waals surface area contributed by atoms with Gasteiger partial charge in [0.1, 0.15) is 5.52 Å². The third-order valence-electron chi connectivity index (χ3n) is 7.41. The maximum atomic E-state index is 12.6. The van der Waals surface area contributed by atoms with Crippen molar-refractivity contribution in [2.24, 2.45) is 11.8 Å². The highest BCUT2D eigenvalue weighted by atomic mass is 16.5. The number of anilines is 1. The molecule has 2 fully saturated rings. The van der Waals surface area contributed by atoms with Gasteiger partial charge in [-0.1, -0.05) is 45.4 Å². The second-order valence-electron chi connectivity index (χ2n) is 9.74. The number of hydrogen-bond acceptors (Lipinski definition) is 6. The molecule has 4 rings (SSSR count). The van der Waals surface area contributed by atoms with E-state index in [1.54, 1.807) is 4.57 Å². The second-order valence-corrected chi connectivity index (χ2v) is 9.74. The summed E-state index contributed by atoms with van der Waals surface area (Å²) in [5, 5.41) is 0. The van der Waals surface area contributed by atoms with Gasteiger partial charge in [-0.2, -0.15) is 9.97 Å². The van der Waals surface area contributed by atoms with Gasteiger partial charge >= 0.3 is 11.7 Å². The van der Waals surface area contributed by atoms with Gasteiger partial charge in [0.05, 0.1) is 6.61 Å². The van der Waals surface area contributed by atoms with Crippen LogP contribution in [0.25, 0.3) is 11.2 Å². The number of aryl methyl sites for hydroxylation is 1. The first kappa shape index (κ1) is 23.1. The van der Waals surface area contributed by atoms with E-state index in [-0.39, 0.29) is 17.5 Å². The SMILES string of the molecule is CCCCOc1nc(N)c2[nH]c(=O)n(CCC3CCN(CCC4CCCCC4)CC3)c2n1. The zero-order valence-corrected chi connectivity index (χ0v) is 19.7. The standard InChI is InChI=1S/C24H40N6O2/c1-2-3-17-32-23-27-21(25)20-22(28-23)30(24(31)26-20)16-12-19-10-14-29(15-11-19)13-9-18-7-5-4-6-8-18/h18-19H,2-17H2,1H3,(H,26,31)(H2,25,27,28). The molecule has 0 aromatic carbocycles. The second kappa shape index (κ2) is 11.2. The molecule has 1 saturated carbocycles. The molecule has 0 radical (unpaired) electrons. The molecule has 0 amide bonds. The van der Waals surface area contributed by atoms with Crippen molar-refractivity contribution in [3.05, 3.63) is 10.5 Å². The van der Waals surface area contributed by atoms with Crippen LogP contribution in [0.2, 0.25) is 0 Å². The summed E-state index contributed by atoms with van der Waals surface area (Å²) >= 11 is 0. The summed E-state index contributed by atoms with van der Waals surface area (Å²) in [6, 6.07) is 0.252. The Bertz CT molecular complexity index is 909. The Balaban J connectivity index is 1.29. The van der Waals surface area contributed by atoms with Gasteiger partial charge in [0.2, 0.25) is 0 Å². The monoisotopic (exact) mass is 444 g/mol. The van der Waals surface area contributed by atoms with Gasteiger partial charge in [-0.25, -0.2) is 4.79 Å². The number of aromatic nitrogens is 4. The molecular formula is C24H40N6O2. The maximum absolute atomic E-state index is 12.6. The number of piperidine rings is 1. The Labute approximate surface area is 190 Å². The minimum absolute atomic E-state index is 0.170. The third kappa shape index (κ3) is 5.82. The van der Waals surface area contributed by atoms with Gasteiger partial charge in [0.25, 0.3) is 0 Å². The van der Waals surface area contributed by atoms with E-state index in [0.717, 1.165) is 25.2 Å². The van der Waals surface area contributed by atoms with Crippen LogP contribution >= 0.6 is 0 Å². The zero-order chi connectivity index (χ0) is 22.3. The van der Waals surface area contributed by atoms with Crippen LogP contribution in [0, 0.1) is 11.8 Å². The summed E-state index contributed by atoms with van der Waals surface area (Å²) in [6.07, 6.45) is 13.9. The fraction of sp³-hybridized carbons (Fsp3) is 0.792. The predicted molar refractivity (Wildman–Crippen MR) is 128 cm³/mol. The number of H-pyrrole nitrogens is 1. The lowest BCUT2D eigenvalue weighted by atomic mass is 9.86. The zero-order valence-electron chi connectivity index (χ0n) is 19.7. The minimum Gasteiger partial charge on any atom is -0.463 e. The Morgan fingerprint density at radius 2 is 1.75 bits per heavy atom. The molecule has 3 heterocycles. The molecule has 1 aliphatic carbocycles. The fourth-order valence-electron chi connectivity index (χ4n) is 5.26. The van der Waals surface area contributed by atoms with E-state index in [1.807, 2.05) is 0 Å². The molecule has 0 unspecified atom stereocenters. The van der Waals surface area contributed by atoms with Crippen molar-refractivity contribution in [1.29, 1.82) is 0 Å². The average molecular weight is 445 g/mol. The van der Waals surface area contributed by atoms with Crippen LogP contribution in [0.4, 0.5) is 5.82 Å². The summed E-state index contributed by atoms with van der Waals surface area (Å²) in [5.74, 6) is 1.88. The molecule has 0 atom stereocenters. The maximum Gasteiger partial charge on any atom is 0.327 e.